The summed E-state index contributed by atoms with van der Waals surface area (Å²) in [6, 6.07) is 6.25. The fraction of sp³-hybridized carbons (Fsp3) is 0.469. The third kappa shape index (κ3) is 6.82. The molecule has 1 aliphatic heterocycles. The van der Waals surface area contributed by atoms with E-state index in [4.69, 9.17) is 16.3 Å². The van der Waals surface area contributed by atoms with Crippen LogP contribution in [-0.2, 0) is 16.1 Å². The first-order valence-electron chi connectivity index (χ1n) is 14.0. The molecule has 1 saturated carbocycles. The Hall–Kier alpha value is -3.00. The van der Waals surface area contributed by atoms with Crippen molar-refractivity contribution in [1.82, 2.24) is 4.90 Å². The number of rotatable bonds is 10. The minimum atomic E-state index is -1.22. The molecule has 40 heavy (non-hydrogen) atoms. The number of non-ortho nitro benzene ring substituents is 1. The molecule has 1 heterocycles. The van der Waals surface area contributed by atoms with Crippen LogP contribution in [0.1, 0.15) is 65.9 Å². The van der Waals surface area contributed by atoms with Gasteiger partial charge in [0.25, 0.3) is 5.69 Å². The van der Waals surface area contributed by atoms with Crippen LogP contribution in [0.4, 0.5) is 5.69 Å². The maximum absolute atomic E-state index is 13.8. The van der Waals surface area contributed by atoms with Gasteiger partial charge in [-0.15, -0.1) is 0 Å². The highest BCUT2D eigenvalue weighted by Crippen LogP contribution is 2.50. The number of hydrogen-bond acceptors (Lipinski definition) is 5. The maximum atomic E-state index is 13.8. The molecular weight excluding hydrogens is 528 g/mol. The molecule has 1 amide bonds. The van der Waals surface area contributed by atoms with Gasteiger partial charge in [-0.05, 0) is 48.5 Å². The molecule has 4 rings (SSSR count). The van der Waals surface area contributed by atoms with Crippen LogP contribution in [0.3, 0.4) is 0 Å². The topological polar surface area (TPSA) is 92.9 Å². The molecule has 1 N–H and O–H groups in total. The molecule has 216 valence electrons. The van der Waals surface area contributed by atoms with Crippen LogP contribution >= 0.6 is 11.6 Å². The van der Waals surface area contributed by atoms with Crippen molar-refractivity contribution >= 4 is 23.2 Å². The van der Waals surface area contributed by atoms with Crippen molar-refractivity contribution in [3.8, 4) is 0 Å². The molecule has 1 saturated heterocycles. The third-order valence-corrected chi connectivity index (χ3v) is 7.89. The fourth-order valence-corrected chi connectivity index (χ4v) is 5.12. The average Bonchev–Trinajstić information content (AvgIpc) is 3.72. The quantitative estimate of drug-likeness (QED) is 0.235. The smallest absolute Gasteiger partial charge is 0.269 e. The molecule has 2 fully saturated rings. The van der Waals surface area contributed by atoms with E-state index in [0.29, 0.717) is 18.1 Å². The molecule has 0 spiro atoms. The van der Waals surface area contributed by atoms with E-state index in [9.17, 15) is 20.0 Å². The van der Waals surface area contributed by atoms with E-state index in [1.807, 2.05) is 45.1 Å². The molecule has 1 aromatic rings. The largest absolute Gasteiger partial charge is 0.396 e. The summed E-state index contributed by atoms with van der Waals surface area (Å²) >= 11 is 6.37. The Bertz CT molecular complexity index is 1240. The lowest BCUT2D eigenvalue weighted by molar-refractivity contribution is -0.384. The molecule has 1 unspecified atom stereocenters. The zero-order chi connectivity index (χ0) is 29.5. The Kier molecular flexibility index (Phi) is 10.7. The normalized spacial score (nSPS) is 23.0. The van der Waals surface area contributed by atoms with Crippen molar-refractivity contribution in [3.63, 3.8) is 0 Å². The standard InChI is InChI=1S/C30H35ClN2O5.C2H6/c1-4-23(21(2)3)16-25-17-28(35)32(18-22-8-12-27(13-9-22)33(36)37)30(25,38-20-29(19-34)14-15-29)24-6-5-7-26(31)11-10-24;1-2/h4-6,8-13,16,21,34H,7,14-15,17-20H2,1-3H3;1-2H3/b23-4+,25-16+;. The Morgan fingerprint density at radius 1 is 1.23 bits per heavy atom. The number of ether oxygens (including phenoxy) is 1. The van der Waals surface area contributed by atoms with E-state index < -0.39 is 10.6 Å². The lowest BCUT2D eigenvalue weighted by atomic mass is 9.89. The number of amides is 1. The highest BCUT2D eigenvalue weighted by Gasteiger charge is 2.55. The number of hydrogen-bond donors (Lipinski definition) is 1. The molecular formula is C32H41ClN2O5. The van der Waals surface area contributed by atoms with Crippen LogP contribution in [0.25, 0.3) is 0 Å². The highest BCUT2D eigenvalue weighted by molar-refractivity contribution is 6.29. The first-order chi connectivity index (χ1) is 19.1. The number of carbonyl (C=O) groups excluding carboxylic acids is 1. The SMILES string of the molecule is C/C=C(\C=C1/CC(=O)N(Cc2ccc([N+](=O)[O-])cc2)C1(OCC1(CO)CC1)C1=CC=C(Cl)CC=C1)C(C)C.CC. The van der Waals surface area contributed by atoms with Crippen molar-refractivity contribution in [2.75, 3.05) is 13.2 Å². The van der Waals surface area contributed by atoms with Gasteiger partial charge in [0, 0.05) is 41.1 Å². The Morgan fingerprint density at radius 3 is 2.45 bits per heavy atom. The number of allylic oxidation sites excluding steroid dienone is 7. The van der Waals surface area contributed by atoms with Crippen molar-refractivity contribution in [2.24, 2.45) is 11.3 Å². The number of nitro benzene ring substituents is 1. The van der Waals surface area contributed by atoms with Gasteiger partial charge in [0.1, 0.15) is 0 Å². The predicted molar refractivity (Wildman–Crippen MR) is 160 cm³/mol. The summed E-state index contributed by atoms with van der Waals surface area (Å²) in [5.74, 6) is 0.139. The Labute approximate surface area is 242 Å². The van der Waals surface area contributed by atoms with Crippen molar-refractivity contribution in [3.05, 3.63) is 98.2 Å². The number of benzene rings is 1. The molecule has 3 aliphatic rings. The van der Waals surface area contributed by atoms with Crippen LogP contribution in [0, 0.1) is 21.4 Å². The van der Waals surface area contributed by atoms with Gasteiger partial charge in [0.2, 0.25) is 5.91 Å². The highest BCUT2D eigenvalue weighted by atomic mass is 35.5. The number of aliphatic hydroxyl groups is 1. The third-order valence-electron chi connectivity index (χ3n) is 7.61. The van der Waals surface area contributed by atoms with Crippen molar-refractivity contribution in [2.45, 2.75) is 72.6 Å². The van der Waals surface area contributed by atoms with Gasteiger partial charge in [-0.2, -0.15) is 0 Å². The first-order valence-corrected chi connectivity index (χ1v) is 14.4. The van der Waals surface area contributed by atoms with E-state index in [1.54, 1.807) is 17.0 Å². The molecule has 8 heteroatoms. The number of nitrogens with zero attached hydrogens (tertiary/aromatic N) is 2. The summed E-state index contributed by atoms with van der Waals surface area (Å²) in [6.45, 7) is 10.7. The predicted octanol–water partition coefficient (Wildman–Crippen LogP) is 7.38. The second-order valence-corrected chi connectivity index (χ2v) is 11.1. The number of aliphatic hydroxyl groups excluding tert-OH is 1. The van der Waals surface area contributed by atoms with Gasteiger partial charge in [-0.3, -0.25) is 14.9 Å². The number of nitro groups is 1. The van der Waals surface area contributed by atoms with Gasteiger partial charge >= 0.3 is 0 Å². The average molecular weight is 569 g/mol. The lowest BCUT2D eigenvalue weighted by Gasteiger charge is -2.41. The molecule has 0 radical (unpaired) electrons. The Balaban J connectivity index is 0.00000216. The van der Waals surface area contributed by atoms with Crippen molar-refractivity contribution in [1.29, 1.82) is 0 Å². The maximum Gasteiger partial charge on any atom is 0.269 e. The second kappa shape index (κ2) is 13.6. The molecule has 1 atom stereocenters. The summed E-state index contributed by atoms with van der Waals surface area (Å²) in [5.41, 5.74) is 1.90. The van der Waals surface area contributed by atoms with E-state index in [0.717, 1.165) is 35.1 Å². The molecule has 1 aromatic carbocycles. The van der Waals surface area contributed by atoms with E-state index in [1.165, 1.54) is 12.1 Å². The monoisotopic (exact) mass is 568 g/mol. The van der Waals surface area contributed by atoms with Gasteiger partial charge < -0.3 is 14.7 Å². The van der Waals surface area contributed by atoms with Gasteiger partial charge in [0.15, 0.2) is 5.72 Å². The summed E-state index contributed by atoms with van der Waals surface area (Å²) in [6.07, 6.45) is 14.3. The van der Waals surface area contributed by atoms with E-state index >= 15 is 0 Å². The molecule has 2 aliphatic carbocycles. The van der Waals surface area contributed by atoms with Crippen molar-refractivity contribution < 1.29 is 19.6 Å². The zero-order valence-corrected chi connectivity index (χ0v) is 24.9. The van der Waals surface area contributed by atoms with Crippen LogP contribution in [-0.4, -0.2) is 39.8 Å². The minimum absolute atomic E-state index is 0.00735. The zero-order valence-electron chi connectivity index (χ0n) is 24.2. The fourth-order valence-electron chi connectivity index (χ4n) is 4.97. The minimum Gasteiger partial charge on any atom is -0.396 e. The lowest BCUT2D eigenvalue weighted by Crippen LogP contribution is -2.50. The van der Waals surface area contributed by atoms with Crippen LogP contribution in [0.5, 0.6) is 0 Å². The van der Waals surface area contributed by atoms with Gasteiger partial charge in [-0.25, -0.2) is 0 Å². The van der Waals surface area contributed by atoms with Gasteiger partial charge in [0.05, 0.1) is 24.6 Å². The molecule has 0 aromatic heterocycles. The summed E-state index contributed by atoms with van der Waals surface area (Å²) in [7, 11) is 0. The van der Waals surface area contributed by atoms with Gasteiger partial charge in [-0.1, -0.05) is 81.8 Å². The van der Waals surface area contributed by atoms with Crippen LogP contribution in [0.2, 0.25) is 0 Å². The summed E-state index contributed by atoms with van der Waals surface area (Å²) in [5, 5.41) is 21.9. The number of carbonyl (C=O) groups is 1. The number of halogens is 1. The first kappa shape index (κ1) is 31.5. The Morgan fingerprint density at radius 2 is 1.90 bits per heavy atom. The summed E-state index contributed by atoms with van der Waals surface area (Å²) < 4.78 is 6.84. The second-order valence-electron chi connectivity index (χ2n) is 10.6. The number of likely N-dealkylation sites (tertiary alicyclic amines) is 1. The van der Waals surface area contributed by atoms with E-state index in [2.05, 4.69) is 26.0 Å². The van der Waals surface area contributed by atoms with E-state index in [-0.39, 0.29) is 42.5 Å². The van der Waals surface area contributed by atoms with Crippen LogP contribution in [0.15, 0.2) is 82.5 Å². The molecule has 0 bridgehead atoms. The van der Waals surface area contributed by atoms with Crippen LogP contribution < -0.4 is 0 Å². The summed E-state index contributed by atoms with van der Waals surface area (Å²) in [4.78, 5) is 26.2. The molecule has 7 nitrogen and oxygen atoms in total.